The number of benzene rings is 1. The Morgan fingerprint density at radius 1 is 1.29 bits per heavy atom. The van der Waals surface area contributed by atoms with Crippen molar-refractivity contribution >= 4 is 5.96 Å². The predicted octanol–water partition coefficient (Wildman–Crippen LogP) is 2.20. The van der Waals surface area contributed by atoms with Gasteiger partial charge in [-0.05, 0) is 36.5 Å². The fourth-order valence-electron chi connectivity index (χ4n) is 2.04. The monoisotopic (exact) mass is 293 g/mol. The summed E-state index contributed by atoms with van der Waals surface area (Å²) in [5, 5.41) is 3.08. The topological polar surface area (TPSA) is 68.9 Å². The normalized spacial score (nSPS) is 12.9. The molecule has 0 aliphatic carbocycles. The number of guanidine groups is 1. The van der Waals surface area contributed by atoms with Crippen LogP contribution < -0.4 is 20.5 Å². The van der Waals surface area contributed by atoms with Crippen LogP contribution in [-0.4, -0.2) is 33.3 Å². The zero-order chi connectivity index (χ0) is 15.7. The first-order valence-electron chi connectivity index (χ1n) is 7.35. The quantitative estimate of drug-likeness (QED) is 0.569. The number of rotatable bonds is 8. The summed E-state index contributed by atoms with van der Waals surface area (Å²) in [6.45, 7) is 5.82. The van der Waals surface area contributed by atoms with Crippen molar-refractivity contribution in [1.29, 1.82) is 0 Å². The van der Waals surface area contributed by atoms with Crippen molar-refractivity contribution in [2.45, 2.75) is 26.7 Å². The van der Waals surface area contributed by atoms with Crippen molar-refractivity contribution in [3.8, 4) is 11.5 Å². The van der Waals surface area contributed by atoms with E-state index in [-0.39, 0.29) is 0 Å². The zero-order valence-electron chi connectivity index (χ0n) is 13.5. The van der Waals surface area contributed by atoms with Gasteiger partial charge in [0.1, 0.15) is 0 Å². The standard InChI is InChI=1S/C16H27N3O2/c1-5-8-18-16(17)19-11-12(2)9-13-6-7-14(20-3)15(10-13)21-4/h6-7,10,12H,5,8-9,11H2,1-4H3,(H3,17,18,19). The summed E-state index contributed by atoms with van der Waals surface area (Å²) in [5.41, 5.74) is 6.99. The minimum absolute atomic E-state index is 0.407. The molecule has 0 radical (unpaired) electrons. The van der Waals surface area contributed by atoms with Crippen molar-refractivity contribution < 1.29 is 9.47 Å². The van der Waals surface area contributed by atoms with Crippen LogP contribution in [0.5, 0.6) is 11.5 Å². The molecule has 1 aromatic carbocycles. The summed E-state index contributed by atoms with van der Waals surface area (Å²) < 4.78 is 10.6. The second kappa shape index (κ2) is 9.10. The number of nitrogens with two attached hydrogens (primary N) is 1. The first kappa shape index (κ1) is 17.1. The van der Waals surface area contributed by atoms with Crippen LogP contribution in [0.2, 0.25) is 0 Å². The van der Waals surface area contributed by atoms with E-state index in [2.05, 4.69) is 30.2 Å². The summed E-state index contributed by atoms with van der Waals surface area (Å²) in [7, 11) is 3.29. The van der Waals surface area contributed by atoms with E-state index in [9.17, 15) is 0 Å². The van der Waals surface area contributed by atoms with Crippen molar-refractivity contribution in [2.24, 2.45) is 16.6 Å². The molecule has 5 heteroatoms. The SMILES string of the molecule is CCCNC(N)=NCC(C)Cc1ccc(OC)c(OC)c1. The highest BCUT2D eigenvalue weighted by Gasteiger charge is 2.08. The van der Waals surface area contributed by atoms with E-state index in [1.54, 1.807) is 14.2 Å². The molecule has 1 unspecified atom stereocenters. The Morgan fingerprint density at radius 3 is 2.62 bits per heavy atom. The van der Waals surface area contributed by atoms with Crippen molar-refractivity contribution in [3.63, 3.8) is 0 Å². The average molecular weight is 293 g/mol. The van der Waals surface area contributed by atoms with Crippen LogP contribution >= 0.6 is 0 Å². The summed E-state index contributed by atoms with van der Waals surface area (Å²) in [6.07, 6.45) is 1.96. The molecule has 0 amide bonds. The van der Waals surface area contributed by atoms with Gasteiger partial charge in [-0.25, -0.2) is 0 Å². The van der Waals surface area contributed by atoms with Gasteiger partial charge in [0, 0.05) is 13.1 Å². The van der Waals surface area contributed by atoms with Crippen molar-refractivity contribution in [1.82, 2.24) is 5.32 Å². The number of aliphatic imine (C=N–C) groups is 1. The van der Waals surface area contributed by atoms with Gasteiger partial charge in [0.05, 0.1) is 14.2 Å². The van der Waals surface area contributed by atoms with Crippen LogP contribution in [0.25, 0.3) is 0 Å². The van der Waals surface area contributed by atoms with Crippen LogP contribution in [0, 0.1) is 5.92 Å². The van der Waals surface area contributed by atoms with Crippen LogP contribution in [-0.2, 0) is 6.42 Å². The number of hydrogen-bond acceptors (Lipinski definition) is 3. The molecule has 0 aliphatic heterocycles. The van der Waals surface area contributed by atoms with Gasteiger partial charge in [-0.1, -0.05) is 19.9 Å². The molecule has 0 fully saturated rings. The van der Waals surface area contributed by atoms with Crippen LogP contribution in [0.15, 0.2) is 23.2 Å². The fraction of sp³-hybridized carbons (Fsp3) is 0.562. The predicted molar refractivity (Wildman–Crippen MR) is 87.2 cm³/mol. The van der Waals surface area contributed by atoms with Gasteiger partial charge in [0.25, 0.3) is 0 Å². The summed E-state index contributed by atoms with van der Waals surface area (Å²) in [6, 6.07) is 6.00. The molecule has 0 saturated carbocycles. The van der Waals surface area contributed by atoms with E-state index in [1.807, 2.05) is 12.1 Å². The van der Waals surface area contributed by atoms with Gasteiger partial charge in [-0.2, -0.15) is 0 Å². The highest BCUT2D eigenvalue weighted by molar-refractivity contribution is 5.77. The Labute approximate surface area is 127 Å². The lowest BCUT2D eigenvalue weighted by atomic mass is 10.0. The molecule has 5 nitrogen and oxygen atoms in total. The van der Waals surface area contributed by atoms with Gasteiger partial charge < -0.3 is 20.5 Å². The van der Waals surface area contributed by atoms with Crippen LogP contribution in [0.4, 0.5) is 0 Å². The van der Waals surface area contributed by atoms with Gasteiger partial charge >= 0.3 is 0 Å². The molecule has 118 valence electrons. The molecule has 0 bridgehead atoms. The molecule has 0 aromatic heterocycles. The third-order valence-corrected chi connectivity index (χ3v) is 3.16. The smallest absolute Gasteiger partial charge is 0.188 e. The van der Waals surface area contributed by atoms with E-state index in [0.29, 0.717) is 18.4 Å². The lowest BCUT2D eigenvalue weighted by Crippen LogP contribution is -2.32. The zero-order valence-corrected chi connectivity index (χ0v) is 13.5. The third kappa shape index (κ3) is 5.94. The Hall–Kier alpha value is -1.91. The maximum absolute atomic E-state index is 5.79. The van der Waals surface area contributed by atoms with Gasteiger partial charge in [0.15, 0.2) is 17.5 Å². The number of nitrogens with zero attached hydrogens (tertiary/aromatic N) is 1. The van der Waals surface area contributed by atoms with E-state index in [1.165, 1.54) is 5.56 Å². The Balaban J connectivity index is 2.56. The van der Waals surface area contributed by atoms with Gasteiger partial charge in [-0.3, -0.25) is 4.99 Å². The lowest BCUT2D eigenvalue weighted by Gasteiger charge is -2.13. The van der Waals surface area contributed by atoms with Crippen molar-refractivity contribution in [2.75, 3.05) is 27.3 Å². The Morgan fingerprint density at radius 2 is 2.00 bits per heavy atom. The van der Waals surface area contributed by atoms with Crippen LogP contribution in [0.3, 0.4) is 0 Å². The maximum atomic E-state index is 5.79. The second-order valence-corrected chi connectivity index (χ2v) is 5.15. The molecule has 0 aliphatic rings. The van der Waals surface area contributed by atoms with Crippen molar-refractivity contribution in [3.05, 3.63) is 23.8 Å². The Bertz CT molecular complexity index is 461. The number of ether oxygens (including phenoxy) is 2. The largest absolute Gasteiger partial charge is 0.493 e. The molecular formula is C16H27N3O2. The van der Waals surface area contributed by atoms with E-state index in [0.717, 1.165) is 30.9 Å². The number of nitrogens with one attached hydrogen (secondary N) is 1. The molecule has 0 heterocycles. The first-order valence-corrected chi connectivity index (χ1v) is 7.35. The molecule has 1 atom stereocenters. The highest BCUT2D eigenvalue weighted by Crippen LogP contribution is 2.28. The Kier molecular flexibility index (Phi) is 7.43. The fourth-order valence-corrected chi connectivity index (χ4v) is 2.04. The molecular weight excluding hydrogens is 266 g/mol. The molecule has 3 N–H and O–H groups in total. The average Bonchev–Trinajstić information content (AvgIpc) is 2.50. The maximum Gasteiger partial charge on any atom is 0.188 e. The molecule has 1 rings (SSSR count). The molecule has 0 spiro atoms. The lowest BCUT2D eigenvalue weighted by molar-refractivity contribution is 0.354. The van der Waals surface area contributed by atoms with E-state index in [4.69, 9.17) is 15.2 Å². The number of hydrogen-bond donors (Lipinski definition) is 2. The third-order valence-electron chi connectivity index (χ3n) is 3.16. The van der Waals surface area contributed by atoms with E-state index < -0.39 is 0 Å². The van der Waals surface area contributed by atoms with Gasteiger partial charge in [-0.15, -0.1) is 0 Å². The summed E-state index contributed by atoms with van der Waals surface area (Å²) in [4.78, 5) is 4.36. The summed E-state index contributed by atoms with van der Waals surface area (Å²) >= 11 is 0. The minimum Gasteiger partial charge on any atom is -0.493 e. The summed E-state index contributed by atoms with van der Waals surface area (Å²) in [5.74, 6) is 2.44. The first-order chi connectivity index (χ1) is 10.1. The minimum atomic E-state index is 0.407. The highest BCUT2D eigenvalue weighted by atomic mass is 16.5. The molecule has 1 aromatic rings. The second-order valence-electron chi connectivity index (χ2n) is 5.15. The van der Waals surface area contributed by atoms with Gasteiger partial charge in [0.2, 0.25) is 0 Å². The van der Waals surface area contributed by atoms with Crippen LogP contribution in [0.1, 0.15) is 25.8 Å². The molecule has 21 heavy (non-hydrogen) atoms. The molecule has 0 saturated heterocycles. The van der Waals surface area contributed by atoms with E-state index >= 15 is 0 Å². The number of methoxy groups -OCH3 is 2.